The highest BCUT2D eigenvalue weighted by atomic mass is 35.5. The number of rotatable bonds is 1. The third-order valence-electron chi connectivity index (χ3n) is 3.66. The second kappa shape index (κ2) is 4.71. The smallest absolute Gasteiger partial charge is 0.227 e. The fourth-order valence-corrected chi connectivity index (χ4v) is 2.78. The molecule has 0 aliphatic carbocycles. The molecule has 1 atom stereocenters. The third kappa shape index (κ3) is 2.13. The van der Waals surface area contributed by atoms with E-state index in [4.69, 9.17) is 11.6 Å². The van der Waals surface area contributed by atoms with Gasteiger partial charge >= 0.3 is 0 Å². The van der Waals surface area contributed by atoms with E-state index in [1.54, 1.807) is 0 Å². The number of carbonyl (C=O) groups excluding carboxylic acids is 1. The molecule has 2 nitrogen and oxygen atoms in total. The number of hydrogen-bond acceptors (Lipinski definition) is 1. The predicted octanol–water partition coefficient (Wildman–Crippen LogP) is 3.44. The number of nitrogens with zero attached hydrogens (tertiary/aromatic N) is 1. The minimum absolute atomic E-state index is 0.0188. The molecular formula is C16H14ClNO. The molecule has 0 radical (unpaired) electrons. The van der Waals surface area contributed by atoms with Gasteiger partial charge in [-0.3, -0.25) is 4.79 Å². The summed E-state index contributed by atoms with van der Waals surface area (Å²) in [6.07, 6.45) is 0.483. The molecule has 3 rings (SSSR count). The SMILES string of the molecule is CN1C(=O)Cc2ccccc2C1c1ccc(Cl)cc1. The molecule has 0 N–H and O–H groups in total. The van der Waals surface area contributed by atoms with Crippen LogP contribution >= 0.6 is 11.6 Å². The van der Waals surface area contributed by atoms with E-state index in [2.05, 4.69) is 6.07 Å². The van der Waals surface area contributed by atoms with E-state index in [0.29, 0.717) is 11.4 Å². The summed E-state index contributed by atoms with van der Waals surface area (Å²) in [5.74, 6) is 0.152. The standard InChI is InChI=1S/C16H14ClNO/c1-18-15(19)10-12-4-2-3-5-14(12)16(18)11-6-8-13(17)9-7-11/h2-9,16H,10H2,1H3. The van der Waals surface area contributed by atoms with Crippen molar-refractivity contribution in [2.24, 2.45) is 0 Å². The maximum atomic E-state index is 12.1. The molecule has 1 amide bonds. The Morgan fingerprint density at radius 2 is 1.79 bits per heavy atom. The molecule has 19 heavy (non-hydrogen) atoms. The first-order chi connectivity index (χ1) is 9.16. The Labute approximate surface area is 117 Å². The number of amides is 1. The molecule has 0 aromatic heterocycles. The van der Waals surface area contributed by atoms with Crippen LogP contribution in [0, 0.1) is 0 Å². The van der Waals surface area contributed by atoms with Gasteiger partial charge in [0.05, 0.1) is 12.5 Å². The Morgan fingerprint density at radius 1 is 1.11 bits per heavy atom. The van der Waals surface area contributed by atoms with Gasteiger partial charge in [0.25, 0.3) is 0 Å². The van der Waals surface area contributed by atoms with Crippen molar-refractivity contribution in [1.29, 1.82) is 0 Å². The second-order valence-corrected chi connectivity index (χ2v) is 5.27. The fraction of sp³-hybridized carbons (Fsp3) is 0.188. The summed E-state index contributed by atoms with van der Waals surface area (Å²) in [5.41, 5.74) is 3.41. The molecule has 96 valence electrons. The maximum Gasteiger partial charge on any atom is 0.227 e. The van der Waals surface area contributed by atoms with E-state index >= 15 is 0 Å². The van der Waals surface area contributed by atoms with Gasteiger partial charge in [0.1, 0.15) is 0 Å². The summed E-state index contributed by atoms with van der Waals surface area (Å²) >= 11 is 5.94. The molecule has 0 fully saturated rings. The van der Waals surface area contributed by atoms with Gasteiger partial charge < -0.3 is 4.90 Å². The third-order valence-corrected chi connectivity index (χ3v) is 3.91. The van der Waals surface area contributed by atoms with Gasteiger partial charge in [0, 0.05) is 12.1 Å². The molecule has 1 heterocycles. The van der Waals surface area contributed by atoms with Crippen LogP contribution in [-0.2, 0) is 11.2 Å². The summed E-state index contributed by atoms with van der Waals surface area (Å²) in [4.78, 5) is 13.9. The average molecular weight is 272 g/mol. The molecule has 2 aromatic carbocycles. The Kier molecular flexibility index (Phi) is 3.03. The Balaban J connectivity index is 2.13. The number of halogens is 1. The lowest BCUT2D eigenvalue weighted by Gasteiger charge is -2.34. The van der Waals surface area contributed by atoms with Crippen molar-refractivity contribution in [2.45, 2.75) is 12.5 Å². The summed E-state index contributed by atoms with van der Waals surface area (Å²) in [6.45, 7) is 0. The molecular weight excluding hydrogens is 258 g/mol. The second-order valence-electron chi connectivity index (χ2n) is 4.83. The molecule has 1 aliphatic rings. The summed E-state index contributed by atoms with van der Waals surface area (Å²) in [6, 6.07) is 15.8. The molecule has 1 unspecified atom stereocenters. The van der Waals surface area contributed by atoms with Crippen LogP contribution in [-0.4, -0.2) is 17.9 Å². The molecule has 3 heteroatoms. The first kappa shape index (κ1) is 12.2. The van der Waals surface area contributed by atoms with Crippen LogP contribution in [0.1, 0.15) is 22.7 Å². The van der Waals surface area contributed by atoms with Gasteiger partial charge in [-0.15, -0.1) is 0 Å². The van der Waals surface area contributed by atoms with Gasteiger partial charge in [-0.1, -0.05) is 48.0 Å². The molecule has 0 saturated carbocycles. The van der Waals surface area contributed by atoms with E-state index in [1.807, 2.05) is 54.4 Å². The van der Waals surface area contributed by atoms with E-state index in [9.17, 15) is 4.79 Å². The topological polar surface area (TPSA) is 20.3 Å². The fourth-order valence-electron chi connectivity index (χ4n) is 2.65. The van der Waals surface area contributed by atoms with E-state index in [0.717, 1.165) is 11.1 Å². The van der Waals surface area contributed by atoms with Crippen LogP contribution in [0.15, 0.2) is 48.5 Å². The first-order valence-electron chi connectivity index (χ1n) is 6.26. The van der Waals surface area contributed by atoms with E-state index in [1.165, 1.54) is 5.56 Å². The number of hydrogen-bond donors (Lipinski definition) is 0. The average Bonchev–Trinajstić information content (AvgIpc) is 2.42. The van der Waals surface area contributed by atoms with Crippen LogP contribution < -0.4 is 0 Å². The maximum absolute atomic E-state index is 12.1. The van der Waals surface area contributed by atoms with Gasteiger partial charge in [0.15, 0.2) is 0 Å². The summed E-state index contributed by atoms with van der Waals surface area (Å²) < 4.78 is 0. The number of likely N-dealkylation sites (N-methyl/N-ethyl adjacent to an activating group) is 1. The van der Waals surface area contributed by atoms with Crippen molar-refractivity contribution < 1.29 is 4.79 Å². The zero-order chi connectivity index (χ0) is 13.4. The zero-order valence-electron chi connectivity index (χ0n) is 10.6. The molecule has 0 spiro atoms. The van der Waals surface area contributed by atoms with E-state index in [-0.39, 0.29) is 11.9 Å². The van der Waals surface area contributed by atoms with Crippen LogP contribution in [0.4, 0.5) is 0 Å². The number of carbonyl (C=O) groups is 1. The van der Waals surface area contributed by atoms with Gasteiger partial charge in [-0.2, -0.15) is 0 Å². The Morgan fingerprint density at radius 3 is 2.53 bits per heavy atom. The number of benzene rings is 2. The lowest BCUT2D eigenvalue weighted by Crippen LogP contribution is -2.37. The normalized spacial score (nSPS) is 18.3. The minimum atomic E-state index is -0.0188. The van der Waals surface area contributed by atoms with Crippen molar-refractivity contribution in [3.05, 3.63) is 70.2 Å². The summed E-state index contributed by atoms with van der Waals surface area (Å²) in [7, 11) is 1.86. The highest BCUT2D eigenvalue weighted by molar-refractivity contribution is 6.30. The first-order valence-corrected chi connectivity index (χ1v) is 6.63. The Hall–Kier alpha value is -1.80. The molecule has 1 aliphatic heterocycles. The summed E-state index contributed by atoms with van der Waals surface area (Å²) in [5, 5.41) is 0.710. The monoisotopic (exact) mass is 271 g/mol. The lowest BCUT2D eigenvalue weighted by molar-refractivity contribution is -0.131. The predicted molar refractivity (Wildman–Crippen MR) is 76.2 cm³/mol. The lowest BCUT2D eigenvalue weighted by atomic mass is 9.88. The van der Waals surface area contributed by atoms with E-state index < -0.39 is 0 Å². The molecule has 2 aromatic rings. The largest absolute Gasteiger partial charge is 0.334 e. The highest BCUT2D eigenvalue weighted by Gasteiger charge is 2.30. The molecule has 0 bridgehead atoms. The Bertz CT molecular complexity index is 621. The van der Waals surface area contributed by atoms with Crippen molar-refractivity contribution in [1.82, 2.24) is 4.90 Å². The van der Waals surface area contributed by atoms with Crippen molar-refractivity contribution in [3.8, 4) is 0 Å². The van der Waals surface area contributed by atoms with Crippen LogP contribution in [0.5, 0.6) is 0 Å². The van der Waals surface area contributed by atoms with Crippen molar-refractivity contribution >= 4 is 17.5 Å². The van der Waals surface area contributed by atoms with Crippen molar-refractivity contribution in [2.75, 3.05) is 7.05 Å². The highest BCUT2D eigenvalue weighted by Crippen LogP contribution is 2.34. The quantitative estimate of drug-likeness (QED) is 0.778. The van der Waals surface area contributed by atoms with Crippen molar-refractivity contribution in [3.63, 3.8) is 0 Å². The van der Waals surface area contributed by atoms with Gasteiger partial charge in [0.2, 0.25) is 5.91 Å². The van der Waals surface area contributed by atoms with Crippen LogP contribution in [0.25, 0.3) is 0 Å². The van der Waals surface area contributed by atoms with Gasteiger partial charge in [-0.25, -0.2) is 0 Å². The van der Waals surface area contributed by atoms with Crippen LogP contribution in [0.2, 0.25) is 5.02 Å². The number of fused-ring (bicyclic) bond motifs is 1. The van der Waals surface area contributed by atoms with Crippen LogP contribution in [0.3, 0.4) is 0 Å². The van der Waals surface area contributed by atoms with Gasteiger partial charge in [-0.05, 0) is 28.8 Å². The minimum Gasteiger partial charge on any atom is -0.334 e. The zero-order valence-corrected chi connectivity index (χ0v) is 11.4. The molecule has 0 saturated heterocycles.